The Kier molecular flexibility index (Phi) is 4.35. The Hall–Kier alpha value is -1.40. The van der Waals surface area contributed by atoms with Gasteiger partial charge in [0.2, 0.25) is 0 Å². The molecule has 0 radical (unpaired) electrons. The van der Waals surface area contributed by atoms with E-state index in [1.54, 1.807) is 6.92 Å². The Labute approximate surface area is 142 Å². The second-order valence-electron chi connectivity index (χ2n) is 7.59. The summed E-state index contributed by atoms with van der Waals surface area (Å²) >= 11 is 0. The van der Waals surface area contributed by atoms with Crippen LogP contribution >= 0.6 is 0 Å². The van der Waals surface area contributed by atoms with Gasteiger partial charge < -0.3 is 18.9 Å². The minimum absolute atomic E-state index is 0.0133. The van der Waals surface area contributed by atoms with Gasteiger partial charge in [-0.15, -0.1) is 0 Å². The monoisotopic (exact) mass is 334 g/mol. The van der Waals surface area contributed by atoms with Gasteiger partial charge in [0, 0.05) is 31.7 Å². The third-order valence-electron chi connectivity index (χ3n) is 5.70. The van der Waals surface area contributed by atoms with Crippen LogP contribution in [0.4, 0.5) is 0 Å². The molecule has 6 nitrogen and oxygen atoms in total. The largest absolute Gasteiger partial charge is 0.380 e. The molecule has 1 amide bonds. The van der Waals surface area contributed by atoms with E-state index in [1.165, 1.54) is 19.0 Å². The summed E-state index contributed by atoms with van der Waals surface area (Å²) in [5, 5.41) is 3.74. The fourth-order valence-corrected chi connectivity index (χ4v) is 4.06. The molecule has 4 rings (SSSR count). The summed E-state index contributed by atoms with van der Waals surface area (Å²) in [6.45, 7) is 5.58. The van der Waals surface area contributed by atoms with Gasteiger partial charge in [-0.3, -0.25) is 4.79 Å². The van der Waals surface area contributed by atoms with Crippen LogP contribution in [0.25, 0.3) is 0 Å². The quantitative estimate of drug-likeness (QED) is 0.827. The first kappa shape index (κ1) is 16.1. The number of aromatic nitrogens is 1. The van der Waals surface area contributed by atoms with Gasteiger partial charge in [0.05, 0.1) is 18.9 Å². The average Bonchev–Trinajstić information content (AvgIpc) is 3.32. The van der Waals surface area contributed by atoms with Gasteiger partial charge in [0.15, 0.2) is 0 Å². The van der Waals surface area contributed by atoms with Crippen molar-refractivity contribution in [2.24, 2.45) is 11.3 Å². The van der Waals surface area contributed by atoms with E-state index in [4.69, 9.17) is 14.0 Å². The van der Waals surface area contributed by atoms with Gasteiger partial charge in [-0.1, -0.05) is 5.16 Å². The van der Waals surface area contributed by atoms with Crippen LogP contribution in [0.2, 0.25) is 0 Å². The maximum absolute atomic E-state index is 12.8. The molecular formula is C18H26N2O4. The minimum Gasteiger partial charge on any atom is -0.380 e. The first-order valence-corrected chi connectivity index (χ1v) is 9.08. The predicted molar refractivity (Wildman–Crippen MR) is 86.7 cm³/mol. The van der Waals surface area contributed by atoms with E-state index in [0.29, 0.717) is 24.5 Å². The summed E-state index contributed by atoms with van der Waals surface area (Å²) in [6, 6.07) is 0. The smallest absolute Gasteiger partial charge is 0.259 e. The van der Waals surface area contributed by atoms with Crippen LogP contribution in [0.3, 0.4) is 0 Å². The first-order valence-electron chi connectivity index (χ1n) is 9.08. The fraction of sp³-hybridized carbons (Fsp3) is 0.778. The molecule has 1 aromatic rings. The number of aryl methyl sites for hydroxylation is 1. The highest BCUT2D eigenvalue weighted by Gasteiger charge is 2.47. The maximum Gasteiger partial charge on any atom is 0.259 e. The zero-order valence-corrected chi connectivity index (χ0v) is 14.3. The molecule has 1 saturated carbocycles. The zero-order valence-electron chi connectivity index (χ0n) is 14.3. The van der Waals surface area contributed by atoms with Crippen molar-refractivity contribution in [1.29, 1.82) is 0 Å². The molecule has 2 aliphatic heterocycles. The highest BCUT2D eigenvalue weighted by molar-refractivity contribution is 5.94. The molecule has 3 fully saturated rings. The average molecular weight is 334 g/mol. The van der Waals surface area contributed by atoms with Crippen molar-refractivity contribution in [2.75, 3.05) is 32.9 Å². The molecule has 132 valence electrons. The Morgan fingerprint density at radius 1 is 1.46 bits per heavy atom. The van der Waals surface area contributed by atoms with Gasteiger partial charge in [-0.25, -0.2) is 0 Å². The molecule has 3 aliphatic rings. The van der Waals surface area contributed by atoms with E-state index >= 15 is 0 Å². The van der Waals surface area contributed by atoms with Crippen molar-refractivity contribution in [3.05, 3.63) is 17.5 Å². The second-order valence-corrected chi connectivity index (χ2v) is 7.59. The van der Waals surface area contributed by atoms with Crippen molar-refractivity contribution < 1.29 is 18.8 Å². The Bertz CT molecular complexity index is 598. The number of piperidine rings is 1. The molecule has 2 saturated heterocycles. The van der Waals surface area contributed by atoms with Crippen LogP contribution in [0, 0.1) is 18.3 Å². The molecule has 0 bridgehead atoms. The Morgan fingerprint density at radius 3 is 3.08 bits per heavy atom. The lowest BCUT2D eigenvalue weighted by Gasteiger charge is -2.50. The van der Waals surface area contributed by atoms with Crippen molar-refractivity contribution in [3.63, 3.8) is 0 Å². The number of ether oxygens (including phenoxy) is 2. The van der Waals surface area contributed by atoms with Crippen molar-refractivity contribution in [2.45, 2.75) is 45.1 Å². The Morgan fingerprint density at radius 2 is 2.33 bits per heavy atom. The van der Waals surface area contributed by atoms with Crippen LogP contribution in [0.1, 0.15) is 48.2 Å². The minimum atomic E-state index is -0.0634. The van der Waals surface area contributed by atoms with Crippen molar-refractivity contribution in [1.82, 2.24) is 10.1 Å². The second kappa shape index (κ2) is 6.48. The summed E-state index contributed by atoms with van der Waals surface area (Å²) in [6.07, 6.45) is 7.30. The number of rotatable bonds is 5. The van der Waals surface area contributed by atoms with Gasteiger partial charge in [0.25, 0.3) is 5.91 Å². The molecule has 0 N–H and O–H groups in total. The molecule has 1 aromatic heterocycles. The first-order chi connectivity index (χ1) is 11.7. The highest BCUT2D eigenvalue weighted by atomic mass is 16.5. The van der Waals surface area contributed by atoms with Gasteiger partial charge in [0.1, 0.15) is 11.3 Å². The van der Waals surface area contributed by atoms with Crippen LogP contribution < -0.4 is 0 Å². The van der Waals surface area contributed by atoms with E-state index in [1.807, 2.05) is 4.90 Å². The topological polar surface area (TPSA) is 64.8 Å². The molecule has 2 atom stereocenters. The Balaban J connectivity index is 1.47. The molecule has 0 unspecified atom stereocenters. The van der Waals surface area contributed by atoms with Crippen LogP contribution in [-0.4, -0.2) is 55.0 Å². The number of hydrogen-bond donors (Lipinski definition) is 0. The van der Waals surface area contributed by atoms with E-state index in [0.717, 1.165) is 44.9 Å². The standard InChI is InChI=1S/C18H26N2O4/c1-13-15(9-19-24-13)17(21)20-7-5-16-18(11-20,6-2-8-23-16)12-22-10-14-3-4-14/h9,14,16H,2-8,10-12H2,1H3/t16-,18-/m1/s1. The SMILES string of the molecule is Cc1oncc1C(=O)N1CC[C@H]2OCCC[C@]2(COCC2CC2)C1. The van der Waals surface area contributed by atoms with Crippen LogP contribution in [-0.2, 0) is 9.47 Å². The lowest BCUT2D eigenvalue weighted by molar-refractivity contribution is -0.147. The van der Waals surface area contributed by atoms with Gasteiger partial charge >= 0.3 is 0 Å². The zero-order chi connectivity index (χ0) is 16.6. The summed E-state index contributed by atoms with van der Waals surface area (Å²) in [7, 11) is 0. The summed E-state index contributed by atoms with van der Waals surface area (Å²) < 4.78 is 17.2. The van der Waals surface area contributed by atoms with E-state index in [-0.39, 0.29) is 17.4 Å². The number of likely N-dealkylation sites (tertiary alicyclic amines) is 1. The number of nitrogens with zero attached hydrogens (tertiary/aromatic N) is 2. The number of fused-ring (bicyclic) bond motifs is 1. The van der Waals surface area contributed by atoms with Crippen LogP contribution in [0.5, 0.6) is 0 Å². The highest BCUT2D eigenvalue weighted by Crippen LogP contribution is 2.41. The van der Waals surface area contributed by atoms with E-state index < -0.39 is 0 Å². The third kappa shape index (κ3) is 3.09. The molecule has 0 aromatic carbocycles. The number of amides is 1. The molecule has 24 heavy (non-hydrogen) atoms. The predicted octanol–water partition coefficient (Wildman–Crippen LogP) is 2.42. The molecule has 0 spiro atoms. The van der Waals surface area contributed by atoms with E-state index in [9.17, 15) is 4.79 Å². The lowest BCUT2D eigenvalue weighted by atomic mass is 9.73. The van der Waals surface area contributed by atoms with Crippen molar-refractivity contribution >= 4 is 5.91 Å². The number of carbonyl (C=O) groups is 1. The number of carbonyl (C=O) groups excluding carboxylic acids is 1. The fourth-order valence-electron chi connectivity index (χ4n) is 4.06. The summed E-state index contributed by atoms with van der Waals surface area (Å²) in [5.74, 6) is 1.35. The van der Waals surface area contributed by atoms with Gasteiger partial charge in [-0.2, -0.15) is 0 Å². The molecular weight excluding hydrogens is 308 g/mol. The third-order valence-corrected chi connectivity index (χ3v) is 5.70. The maximum atomic E-state index is 12.8. The lowest BCUT2D eigenvalue weighted by Crippen LogP contribution is -2.58. The van der Waals surface area contributed by atoms with E-state index in [2.05, 4.69) is 5.16 Å². The number of hydrogen-bond acceptors (Lipinski definition) is 5. The normalized spacial score (nSPS) is 30.2. The summed E-state index contributed by atoms with van der Waals surface area (Å²) in [5.41, 5.74) is 0.505. The molecule has 6 heteroatoms. The summed E-state index contributed by atoms with van der Waals surface area (Å²) in [4.78, 5) is 14.8. The molecule has 1 aliphatic carbocycles. The molecule has 3 heterocycles. The van der Waals surface area contributed by atoms with Crippen LogP contribution in [0.15, 0.2) is 10.7 Å². The van der Waals surface area contributed by atoms with Gasteiger partial charge in [-0.05, 0) is 44.9 Å². The van der Waals surface area contributed by atoms with Crippen molar-refractivity contribution in [3.8, 4) is 0 Å².